The molecule has 100 valence electrons. The molecule has 1 unspecified atom stereocenters. The summed E-state index contributed by atoms with van der Waals surface area (Å²) in [5, 5.41) is 5.60. The van der Waals surface area contributed by atoms with E-state index in [4.69, 9.17) is 4.74 Å². The van der Waals surface area contributed by atoms with E-state index >= 15 is 0 Å². The third kappa shape index (κ3) is 2.25. The van der Waals surface area contributed by atoms with E-state index in [1.807, 2.05) is 36.4 Å². The number of rotatable bonds is 2. The Morgan fingerprint density at radius 2 is 2.00 bits per heavy atom. The maximum Gasteiger partial charge on any atom is 0.243 e. The van der Waals surface area contributed by atoms with E-state index < -0.39 is 6.23 Å². The number of aromatic nitrogens is 1. The fraction of sp³-hybridized carbons (Fsp3) is 0.133. The molecule has 1 aromatic heterocycles. The average molecular weight is 267 g/mol. The van der Waals surface area contributed by atoms with Crippen molar-refractivity contribution in [2.75, 3.05) is 0 Å². The number of nitrogens with zero attached hydrogens (tertiary/aromatic N) is 3. The van der Waals surface area contributed by atoms with Crippen molar-refractivity contribution in [1.82, 2.24) is 9.99 Å². The predicted octanol–water partition coefficient (Wildman–Crippen LogP) is 2.32. The van der Waals surface area contributed by atoms with Crippen molar-refractivity contribution in [1.29, 1.82) is 0 Å². The zero-order valence-corrected chi connectivity index (χ0v) is 10.9. The number of hydrogen-bond acceptors (Lipinski definition) is 4. The molecule has 2 aromatic rings. The maximum absolute atomic E-state index is 11.7. The van der Waals surface area contributed by atoms with Crippen molar-refractivity contribution in [2.24, 2.45) is 5.10 Å². The SMILES string of the molecule is CC(=O)N1N=C(c2cccnc2)OC1c1ccccc1. The molecule has 2 heterocycles. The molecule has 1 atom stereocenters. The zero-order valence-electron chi connectivity index (χ0n) is 10.9. The molecular formula is C15H13N3O2. The van der Waals surface area contributed by atoms with Crippen LogP contribution >= 0.6 is 0 Å². The summed E-state index contributed by atoms with van der Waals surface area (Å²) in [6, 6.07) is 13.2. The lowest BCUT2D eigenvalue weighted by Crippen LogP contribution is -2.25. The Kier molecular flexibility index (Phi) is 3.16. The molecule has 5 heteroatoms. The highest BCUT2D eigenvalue weighted by atomic mass is 16.5. The minimum atomic E-state index is -0.524. The van der Waals surface area contributed by atoms with Crippen LogP contribution in [0.1, 0.15) is 24.3 Å². The van der Waals surface area contributed by atoms with Crippen molar-refractivity contribution in [2.45, 2.75) is 13.2 Å². The van der Waals surface area contributed by atoms with Gasteiger partial charge < -0.3 is 4.74 Å². The highest BCUT2D eigenvalue weighted by Gasteiger charge is 2.32. The highest BCUT2D eigenvalue weighted by molar-refractivity contribution is 5.96. The smallest absolute Gasteiger partial charge is 0.243 e. The van der Waals surface area contributed by atoms with Crippen molar-refractivity contribution < 1.29 is 9.53 Å². The van der Waals surface area contributed by atoms with Gasteiger partial charge in [-0.15, -0.1) is 5.10 Å². The molecule has 0 aliphatic carbocycles. The van der Waals surface area contributed by atoms with Crippen molar-refractivity contribution in [3.8, 4) is 0 Å². The number of amides is 1. The molecule has 3 rings (SSSR count). The molecule has 1 aliphatic heterocycles. The topological polar surface area (TPSA) is 54.8 Å². The zero-order chi connectivity index (χ0) is 13.9. The van der Waals surface area contributed by atoms with E-state index in [1.54, 1.807) is 18.5 Å². The molecule has 1 aromatic carbocycles. The van der Waals surface area contributed by atoms with Crippen LogP contribution in [0.3, 0.4) is 0 Å². The lowest BCUT2D eigenvalue weighted by atomic mass is 10.2. The van der Waals surface area contributed by atoms with Gasteiger partial charge >= 0.3 is 0 Å². The second kappa shape index (κ2) is 5.13. The molecule has 5 nitrogen and oxygen atoms in total. The number of hydrogen-bond donors (Lipinski definition) is 0. The number of hydrazone groups is 1. The molecule has 0 saturated carbocycles. The minimum Gasteiger partial charge on any atom is -0.446 e. The van der Waals surface area contributed by atoms with Crippen LogP contribution in [0.15, 0.2) is 60.0 Å². The van der Waals surface area contributed by atoms with E-state index in [0.29, 0.717) is 5.90 Å². The van der Waals surface area contributed by atoms with Crippen LogP contribution < -0.4 is 0 Å². The third-order valence-corrected chi connectivity index (χ3v) is 2.96. The highest BCUT2D eigenvalue weighted by Crippen LogP contribution is 2.29. The van der Waals surface area contributed by atoms with E-state index in [1.165, 1.54) is 11.9 Å². The second-order valence-electron chi connectivity index (χ2n) is 4.39. The summed E-state index contributed by atoms with van der Waals surface area (Å²) < 4.78 is 5.82. The summed E-state index contributed by atoms with van der Waals surface area (Å²) in [4.78, 5) is 15.8. The number of benzene rings is 1. The summed E-state index contributed by atoms with van der Waals surface area (Å²) in [6.45, 7) is 1.47. The number of ether oxygens (including phenoxy) is 1. The predicted molar refractivity (Wildman–Crippen MR) is 73.6 cm³/mol. The van der Waals surface area contributed by atoms with Crippen LogP contribution in [0.4, 0.5) is 0 Å². The van der Waals surface area contributed by atoms with E-state index in [2.05, 4.69) is 10.1 Å². The molecule has 0 N–H and O–H groups in total. The van der Waals surface area contributed by atoms with Gasteiger partial charge in [0.15, 0.2) is 0 Å². The second-order valence-corrected chi connectivity index (χ2v) is 4.39. The van der Waals surface area contributed by atoms with E-state index in [9.17, 15) is 4.79 Å². The Morgan fingerprint density at radius 3 is 2.65 bits per heavy atom. The molecule has 0 spiro atoms. The Hall–Kier alpha value is -2.69. The largest absolute Gasteiger partial charge is 0.446 e. The van der Waals surface area contributed by atoms with Gasteiger partial charge in [0.05, 0.1) is 5.56 Å². The Labute approximate surface area is 116 Å². The lowest BCUT2D eigenvalue weighted by molar-refractivity contribution is -0.135. The number of carbonyl (C=O) groups is 1. The van der Waals surface area contributed by atoms with Crippen LogP contribution in [0.2, 0.25) is 0 Å². The fourth-order valence-electron chi connectivity index (χ4n) is 2.01. The van der Waals surface area contributed by atoms with Gasteiger partial charge in [-0.25, -0.2) is 0 Å². The van der Waals surface area contributed by atoms with Crippen LogP contribution in [-0.4, -0.2) is 21.8 Å². The molecule has 0 radical (unpaired) electrons. The van der Waals surface area contributed by atoms with Gasteiger partial charge in [-0.05, 0) is 12.1 Å². The minimum absolute atomic E-state index is 0.169. The Balaban J connectivity index is 1.94. The van der Waals surface area contributed by atoms with Crippen molar-refractivity contribution in [3.05, 3.63) is 66.0 Å². The van der Waals surface area contributed by atoms with Gasteiger partial charge in [0.2, 0.25) is 18.0 Å². The Morgan fingerprint density at radius 1 is 1.20 bits per heavy atom. The molecule has 20 heavy (non-hydrogen) atoms. The quantitative estimate of drug-likeness (QED) is 0.839. The standard InChI is InChI=1S/C15H13N3O2/c1-11(19)18-15(12-6-3-2-4-7-12)20-14(17-18)13-8-5-9-16-10-13/h2-10,15H,1H3. The lowest BCUT2D eigenvalue weighted by Gasteiger charge is -2.19. The monoisotopic (exact) mass is 267 g/mol. The molecule has 1 aliphatic rings. The van der Waals surface area contributed by atoms with Crippen LogP contribution in [0, 0.1) is 0 Å². The van der Waals surface area contributed by atoms with Gasteiger partial charge in [0.1, 0.15) is 0 Å². The van der Waals surface area contributed by atoms with Gasteiger partial charge in [0, 0.05) is 24.9 Å². The summed E-state index contributed by atoms with van der Waals surface area (Å²) >= 11 is 0. The summed E-state index contributed by atoms with van der Waals surface area (Å²) in [5.41, 5.74) is 1.63. The van der Waals surface area contributed by atoms with Crippen molar-refractivity contribution in [3.63, 3.8) is 0 Å². The number of pyridine rings is 1. The fourth-order valence-corrected chi connectivity index (χ4v) is 2.01. The maximum atomic E-state index is 11.7. The van der Waals surface area contributed by atoms with Crippen LogP contribution in [-0.2, 0) is 9.53 Å². The molecule has 0 saturated heterocycles. The molecule has 0 fully saturated rings. The first-order valence-corrected chi connectivity index (χ1v) is 6.26. The van der Waals surface area contributed by atoms with Crippen LogP contribution in [0.25, 0.3) is 0 Å². The summed E-state index contributed by atoms with van der Waals surface area (Å²) in [5.74, 6) is 0.236. The number of carbonyl (C=O) groups excluding carboxylic acids is 1. The third-order valence-electron chi connectivity index (χ3n) is 2.96. The van der Waals surface area contributed by atoms with Gasteiger partial charge in [-0.3, -0.25) is 9.78 Å². The molecule has 0 bridgehead atoms. The molecule has 1 amide bonds. The van der Waals surface area contributed by atoms with Crippen molar-refractivity contribution >= 4 is 11.8 Å². The average Bonchev–Trinajstić information content (AvgIpc) is 2.94. The van der Waals surface area contributed by atoms with Gasteiger partial charge in [-0.1, -0.05) is 30.3 Å². The summed E-state index contributed by atoms with van der Waals surface area (Å²) in [6.07, 6.45) is 2.81. The van der Waals surface area contributed by atoms with Crippen LogP contribution in [0.5, 0.6) is 0 Å². The van der Waals surface area contributed by atoms with Gasteiger partial charge in [0.25, 0.3) is 0 Å². The summed E-state index contributed by atoms with van der Waals surface area (Å²) in [7, 11) is 0. The first-order valence-electron chi connectivity index (χ1n) is 6.26. The van der Waals surface area contributed by atoms with E-state index in [-0.39, 0.29) is 5.91 Å². The first kappa shape index (κ1) is 12.3. The molecular weight excluding hydrogens is 254 g/mol. The van der Waals surface area contributed by atoms with E-state index in [0.717, 1.165) is 11.1 Å². The first-order chi connectivity index (χ1) is 9.75. The Bertz CT molecular complexity index is 641. The normalized spacial score (nSPS) is 17.6. The van der Waals surface area contributed by atoms with Gasteiger partial charge in [-0.2, -0.15) is 5.01 Å².